The number of rotatable bonds is 2. The largest absolute Gasteiger partial charge is 0.497 e. The lowest BCUT2D eigenvalue weighted by Crippen LogP contribution is -1.88. The second-order valence-electron chi connectivity index (χ2n) is 3.40. The van der Waals surface area contributed by atoms with E-state index in [1.54, 1.807) is 13.2 Å². The number of halogens is 1. The number of anilines is 1. The molecule has 0 bridgehead atoms. The Bertz CT molecular complexity index is 523. The molecule has 5 heteroatoms. The van der Waals surface area contributed by atoms with E-state index in [9.17, 15) is 0 Å². The molecular formula is C11H11BrN2O2. The zero-order valence-electron chi connectivity index (χ0n) is 8.95. The number of benzene rings is 1. The maximum atomic E-state index is 5.53. The van der Waals surface area contributed by atoms with Gasteiger partial charge in [-0.05, 0) is 24.6 Å². The molecule has 0 radical (unpaired) electrons. The standard InChI is InChI=1S/C11H11BrN2O2/c1-6-8(10-5-11(13)14-16-10)3-7(15-2)4-9(6)12/h3-5H,1-2H3,(H2,13,14). The Kier molecular flexibility index (Phi) is 2.87. The van der Waals surface area contributed by atoms with Crippen molar-refractivity contribution >= 4 is 21.7 Å². The number of aromatic nitrogens is 1. The van der Waals surface area contributed by atoms with Gasteiger partial charge in [0, 0.05) is 16.1 Å². The highest BCUT2D eigenvalue weighted by Crippen LogP contribution is 2.33. The van der Waals surface area contributed by atoms with Crippen LogP contribution < -0.4 is 10.5 Å². The number of nitrogen functional groups attached to an aromatic ring is 1. The molecule has 0 unspecified atom stereocenters. The van der Waals surface area contributed by atoms with E-state index in [1.807, 2.05) is 19.1 Å². The van der Waals surface area contributed by atoms with Crippen LogP contribution in [0.2, 0.25) is 0 Å². The molecule has 1 heterocycles. The first-order valence-corrected chi connectivity index (χ1v) is 5.48. The fourth-order valence-corrected chi connectivity index (χ4v) is 1.88. The molecule has 0 saturated carbocycles. The first-order chi connectivity index (χ1) is 7.61. The van der Waals surface area contributed by atoms with Gasteiger partial charge in [-0.3, -0.25) is 0 Å². The number of ether oxygens (including phenoxy) is 1. The topological polar surface area (TPSA) is 61.3 Å². The molecule has 4 nitrogen and oxygen atoms in total. The van der Waals surface area contributed by atoms with E-state index in [0.29, 0.717) is 11.6 Å². The van der Waals surface area contributed by atoms with E-state index in [-0.39, 0.29) is 0 Å². The van der Waals surface area contributed by atoms with Gasteiger partial charge in [0.1, 0.15) is 5.75 Å². The van der Waals surface area contributed by atoms with Gasteiger partial charge in [-0.15, -0.1) is 0 Å². The lowest BCUT2D eigenvalue weighted by molar-refractivity contribution is 0.413. The molecule has 2 aromatic rings. The van der Waals surface area contributed by atoms with E-state index in [2.05, 4.69) is 21.1 Å². The molecule has 0 fully saturated rings. The second kappa shape index (κ2) is 4.17. The van der Waals surface area contributed by atoms with Crippen molar-refractivity contribution in [2.45, 2.75) is 6.92 Å². The monoisotopic (exact) mass is 282 g/mol. The van der Waals surface area contributed by atoms with E-state index in [4.69, 9.17) is 15.0 Å². The Morgan fingerprint density at radius 1 is 1.38 bits per heavy atom. The molecule has 0 aliphatic rings. The van der Waals surface area contributed by atoms with Crippen molar-refractivity contribution in [2.75, 3.05) is 12.8 Å². The summed E-state index contributed by atoms with van der Waals surface area (Å²) in [7, 11) is 1.62. The molecule has 0 saturated heterocycles. The highest BCUT2D eigenvalue weighted by Gasteiger charge is 2.12. The summed E-state index contributed by atoms with van der Waals surface area (Å²) in [4.78, 5) is 0. The van der Waals surface area contributed by atoms with Gasteiger partial charge in [-0.2, -0.15) is 0 Å². The summed E-state index contributed by atoms with van der Waals surface area (Å²) < 4.78 is 11.3. The third kappa shape index (κ3) is 1.90. The van der Waals surface area contributed by atoms with Crippen LogP contribution in [0.25, 0.3) is 11.3 Å². The molecule has 1 aromatic heterocycles. The normalized spacial score (nSPS) is 10.4. The average molecular weight is 283 g/mol. The highest BCUT2D eigenvalue weighted by molar-refractivity contribution is 9.10. The van der Waals surface area contributed by atoms with Crippen LogP contribution in [0, 0.1) is 6.92 Å². The molecule has 84 valence electrons. The van der Waals surface area contributed by atoms with E-state index >= 15 is 0 Å². The summed E-state index contributed by atoms with van der Waals surface area (Å²) in [5.74, 6) is 1.75. The van der Waals surface area contributed by atoms with Gasteiger partial charge < -0.3 is 15.0 Å². The van der Waals surface area contributed by atoms with Gasteiger partial charge in [0.25, 0.3) is 0 Å². The molecule has 1 aromatic carbocycles. The summed E-state index contributed by atoms with van der Waals surface area (Å²) >= 11 is 3.47. The summed E-state index contributed by atoms with van der Waals surface area (Å²) in [6.07, 6.45) is 0. The number of hydrogen-bond acceptors (Lipinski definition) is 4. The molecule has 0 spiro atoms. The molecule has 2 rings (SSSR count). The molecule has 16 heavy (non-hydrogen) atoms. The van der Waals surface area contributed by atoms with Crippen LogP contribution in [0.5, 0.6) is 5.75 Å². The van der Waals surface area contributed by atoms with Crippen molar-refractivity contribution in [1.82, 2.24) is 5.16 Å². The lowest BCUT2D eigenvalue weighted by atomic mass is 10.1. The van der Waals surface area contributed by atoms with Crippen LogP contribution in [0.4, 0.5) is 5.82 Å². The van der Waals surface area contributed by atoms with Gasteiger partial charge in [0.2, 0.25) is 0 Å². The van der Waals surface area contributed by atoms with Gasteiger partial charge >= 0.3 is 0 Å². The third-order valence-corrected chi connectivity index (χ3v) is 3.17. The fraction of sp³-hybridized carbons (Fsp3) is 0.182. The second-order valence-corrected chi connectivity index (χ2v) is 4.25. The van der Waals surface area contributed by atoms with E-state index < -0.39 is 0 Å². The van der Waals surface area contributed by atoms with Crippen molar-refractivity contribution in [3.05, 3.63) is 28.2 Å². The van der Waals surface area contributed by atoms with Crippen molar-refractivity contribution in [2.24, 2.45) is 0 Å². The van der Waals surface area contributed by atoms with Crippen LogP contribution in [0.15, 0.2) is 27.2 Å². The molecule has 0 atom stereocenters. The quantitative estimate of drug-likeness (QED) is 0.920. The van der Waals surface area contributed by atoms with Crippen molar-refractivity contribution in [3.8, 4) is 17.1 Å². The first-order valence-electron chi connectivity index (χ1n) is 4.68. The summed E-state index contributed by atoms with van der Waals surface area (Å²) in [5.41, 5.74) is 7.49. The minimum atomic E-state index is 0.369. The molecule has 0 amide bonds. The van der Waals surface area contributed by atoms with Gasteiger partial charge in [-0.1, -0.05) is 21.1 Å². The average Bonchev–Trinajstić information content (AvgIpc) is 2.68. The summed E-state index contributed by atoms with van der Waals surface area (Å²) in [6, 6.07) is 5.48. The highest BCUT2D eigenvalue weighted by atomic mass is 79.9. The zero-order valence-corrected chi connectivity index (χ0v) is 10.5. The van der Waals surface area contributed by atoms with Crippen LogP contribution in [-0.2, 0) is 0 Å². The molecular weight excluding hydrogens is 272 g/mol. The van der Waals surface area contributed by atoms with Crippen LogP contribution in [0.3, 0.4) is 0 Å². The molecule has 2 N–H and O–H groups in total. The summed E-state index contributed by atoms with van der Waals surface area (Å²) in [6.45, 7) is 1.98. The Morgan fingerprint density at radius 3 is 2.69 bits per heavy atom. The van der Waals surface area contributed by atoms with Crippen LogP contribution in [-0.4, -0.2) is 12.3 Å². The summed E-state index contributed by atoms with van der Waals surface area (Å²) in [5, 5.41) is 3.67. The number of nitrogens with zero attached hydrogens (tertiary/aromatic N) is 1. The predicted octanol–water partition coefficient (Wildman–Crippen LogP) is 3.00. The molecule has 0 aliphatic heterocycles. The Hall–Kier alpha value is -1.49. The third-order valence-electron chi connectivity index (χ3n) is 2.35. The van der Waals surface area contributed by atoms with Crippen molar-refractivity contribution in [1.29, 1.82) is 0 Å². The number of nitrogens with two attached hydrogens (primary N) is 1. The lowest BCUT2D eigenvalue weighted by Gasteiger charge is -2.07. The maximum Gasteiger partial charge on any atom is 0.169 e. The Morgan fingerprint density at radius 2 is 2.12 bits per heavy atom. The smallest absolute Gasteiger partial charge is 0.169 e. The first kappa shape index (κ1) is 11.0. The minimum Gasteiger partial charge on any atom is -0.497 e. The minimum absolute atomic E-state index is 0.369. The molecule has 0 aliphatic carbocycles. The van der Waals surface area contributed by atoms with Crippen molar-refractivity contribution < 1.29 is 9.26 Å². The maximum absolute atomic E-state index is 5.53. The van der Waals surface area contributed by atoms with Gasteiger partial charge in [0.05, 0.1) is 7.11 Å². The van der Waals surface area contributed by atoms with Crippen LogP contribution in [0.1, 0.15) is 5.56 Å². The SMILES string of the molecule is COc1cc(Br)c(C)c(-c2cc(N)no2)c1. The van der Waals surface area contributed by atoms with Crippen LogP contribution >= 0.6 is 15.9 Å². The fourth-order valence-electron chi connectivity index (χ4n) is 1.44. The number of methoxy groups -OCH3 is 1. The van der Waals surface area contributed by atoms with Gasteiger partial charge in [-0.25, -0.2) is 0 Å². The van der Waals surface area contributed by atoms with E-state index in [0.717, 1.165) is 21.3 Å². The number of hydrogen-bond donors (Lipinski definition) is 1. The van der Waals surface area contributed by atoms with Crippen molar-refractivity contribution in [3.63, 3.8) is 0 Å². The van der Waals surface area contributed by atoms with E-state index in [1.165, 1.54) is 0 Å². The Balaban J connectivity index is 2.59. The van der Waals surface area contributed by atoms with Gasteiger partial charge in [0.15, 0.2) is 11.6 Å². The zero-order chi connectivity index (χ0) is 11.7. The Labute approximate surface area is 102 Å². The predicted molar refractivity (Wildman–Crippen MR) is 65.3 cm³/mol.